The molecule has 3 heteroatoms. The summed E-state index contributed by atoms with van der Waals surface area (Å²) in [6.45, 7) is 26.6. The van der Waals surface area contributed by atoms with Crippen LogP contribution in [0.3, 0.4) is 0 Å². The summed E-state index contributed by atoms with van der Waals surface area (Å²) in [5.74, 6) is 0. The number of rotatable bonds is 6. The van der Waals surface area contributed by atoms with Gasteiger partial charge in [0, 0.05) is 54.5 Å². The van der Waals surface area contributed by atoms with Crippen molar-refractivity contribution in [3.05, 3.63) is 212 Å². The molecule has 0 unspecified atom stereocenters. The van der Waals surface area contributed by atoms with E-state index < -0.39 is 0 Å². The van der Waals surface area contributed by atoms with E-state index in [2.05, 4.69) is 234 Å². The first-order chi connectivity index (χ1) is 36.0. The van der Waals surface area contributed by atoms with Gasteiger partial charge in [-0.3, -0.25) is 0 Å². The third kappa shape index (κ3) is 7.54. The summed E-state index contributed by atoms with van der Waals surface area (Å²) >= 11 is 0. The van der Waals surface area contributed by atoms with Gasteiger partial charge in [0.2, 0.25) is 0 Å². The van der Waals surface area contributed by atoms with E-state index in [1.165, 1.54) is 111 Å². The van der Waals surface area contributed by atoms with Crippen molar-refractivity contribution in [1.82, 2.24) is 4.98 Å². The normalized spacial score (nSPS) is 12.0. The van der Waals surface area contributed by atoms with E-state index in [1.807, 2.05) is 0 Å². The molecule has 0 spiro atoms. The van der Waals surface area contributed by atoms with Gasteiger partial charge in [-0.15, -0.1) is 0 Å². The van der Waals surface area contributed by atoms with Crippen molar-refractivity contribution in [3.8, 4) is 66.8 Å². The van der Waals surface area contributed by atoms with Crippen molar-refractivity contribution < 1.29 is 8.83 Å². The van der Waals surface area contributed by atoms with Crippen LogP contribution in [0.5, 0.6) is 0 Å². The average Bonchev–Trinajstić information content (AvgIpc) is 4.08. The van der Waals surface area contributed by atoms with Crippen LogP contribution in [0.25, 0.3) is 132 Å². The lowest BCUT2D eigenvalue weighted by molar-refractivity contribution is 0.669. The molecule has 0 fully saturated rings. The lowest BCUT2D eigenvalue weighted by Gasteiger charge is -2.14. The average molecular weight is 972 g/mol. The number of nitrogens with one attached hydrogen (secondary N) is 1. The molecule has 3 heterocycles. The third-order valence-electron chi connectivity index (χ3n) is 16.2. The van der Waals surface area contributed by atoms with Crippen LogP contribution in [0.4, 0.5) is 0 Å². The number of aryl methyl sites for hydroxylation is 12. The highest BCUT2D eigenvalue weighted by atomic mass is 16.3. The maximum absolute atomic E-state index is 7.00. The lowest BCUT2D eigenvalue weighted by atomic mass is 9.89. The van der Waals surface area contributed by atoms with Gasteiger partial charge in [0.15, 0.2) is 0 Å². The Morgan fingerprint density at radius 3 is 0.867 bits per heavy atom. The predicted octanol–water partition coefficient (Wildman–Crippen LogP) is 20.8. The molecule has 0 radical (unpaired) electrons. The summed E-state index contributed by atoms with van der Waals surface area (Å²) in [6.07, 6.45) is 0. The predicted molar refractivity (Wildman–Crippen MR) is 320 cm³/mol. The zero-order valence-corrected chi connectivity index (χ0v) is 45.2. The van der Waals surface area contributed by atoms with Crippen molar-refractivity contribution in [3.63, 3.8) is 0 Å². The molecule has 3 aromatic heterocycles. The van der Waals surface area contributed by atoms with E-state index in [0.717, 1.165) is 87.9 Å². The monoisotopic (exact) mass is 971 g/mol. The minimum atomic E-state index is 0.886. The van der Waals surface area contributed by atoms with Gasteiger partial charge in [-0.2, -0.15) is 0 Å². The Morgan fingerprint density at radius 1 is 0.253 bits per heavy atom. The number of fused-ring (bicyclic) bond motifs is 9. The standard InChI is InChI=1S/C72H61NO2/c1-37-21-41(5)67(42(6)22-37)51-15-19-65-59(31-51)61-35-53(69-45(9)25-39(3)26-46(69)10)33-55(71(61)74-65)49-13-17-63-57(29-49)58-30-50(14-18-64(58)73-63)56-34-54(70-47(11)27-40(4)28-48(70)12)36-62-60-32-52(16-20-66(60)75-72(56)62)68-43(7)23-38(2)24-44(68)8/h13-36,73H,1-12H3. The highest BCUT2D eigenvalue weighted by Gasteiger charge is 2.22. The Kier molecular flexibility index (Phi) is 10.6. The van der Waals surface area contributed by atoms with Crippen LogP contribution in [0.2, 0.25) is 0 Å². The smallest absolute Gasteiger partial charge is 0.143 e. The molecule has 366 valence electrons. The van der Waals surface area contributed by atoms with E-state index in [-0.39, 0.29) is 0 Å². The molecule has 0 aliphatic heterocycles. The minimum Gasteiger partial charge on any atom is -0.455 e. The summed E-state index contributed by atoms with van der Waals surface area (Å²) in [4.78, 5) is 3.79. The zero-order valence-electron chi connectivity index (χ0n) is 45.2. The van der Waals surface area contributed by atoms with Crippen LogP contribution in [-0.4, -0.2) is 4.98 Å². The number of H-pyrrole nitrogens is 1. The maximum Gasteiger partial charge on any atom is 0.143 e. The van der Waals surface area contributed by atoms with Crippen LogP contribution in [-0.2, 0) is 0 Å². The fourth-order valence-corrected chi connectivity index (χ4v) is 13.6. The summed E-state index contributed by atoms with van der Waals surface area (Å²) < 4.78 is 14.0. The number of aromatic nitrogens is 1. The van der Waals surface area contributed by atoms with Gasteiger partial charge in [0.25, 0.3) is 0 Å². The van der Waals surface area contributed by atoms with Gasteiger partial charge in [-0.25, -0.2) is 0 Å². The van der Waals surface area contributed by atoms with E-state index in [1.54, 1.807) is 0 Å². The molecule has 0 aliphatic rings. The van der Waals surface area contributed by atoms with Crippen molar-refractivity contribution in [2.24, 2.45) is 0 Å². The first-order valence-corrected chi connectivity index (χ1v) is 26.4. The molecule has 13 rings (SSSR count). The van der Waals surface area contributed by atoms with E-state index in [9.17, 15) is 0 Å². The second-order valence-electron chi connectivity index (χ2n) is 22.2. The van der Waals surface area contributed by atoms with E-state index >= 15 is 0 Å². The molecular weight excluding hydrogens is 911 g/mol. The van der Waals surface area contributed by atoms with Crippen LogP contribution < -0.4 is 0 Å². The SMILES string of the molecule is Cc1cc(C)c(-c2ccc3oc4c(-c5ccc6[nH]c7ccc(-c8cc(-c9c(C)cc(C)cc9C)cc9c8oc8ccc(-c%10c(C)cc(C)cc%10C)cc89)cc7c6c5)cc(-c5c(C)cc(C)cc5C)cc4c3c2)c(C)c1. The molecule has 10 aromatic carbocycles. The highest BCUT2D eigenvalue weighted by Crippen LogP contribution is 2.47. The Morgan fingerprint density at radius 2 is 0.533 bits per heavy atom. The largest absolute Gasteiger partial charge is 0.455 e. The van der Waals surface area contributed by atoms with Gasteiger partial charge >= 0.3 is 0 Å². The Bertz CT molecular complexity index is 4220. The molecule has 0 atom stereocenters. The summed E-state index contributed by atoms with van der Waals surface area (Å²) in [5.41, 5.74) is 35.3. The second-order valence-corrected chi connectivity index (χ2v) is 22.2. The molecule has 0 saturated heterocycles. The second kappa shape index (κ2) is 17.1. The number of furan rings is 2. The van der Waals surface area contributed by atoms with Crippen LogP contribution >= 0.6 is 0 Å². The molecule has 3 nitrogen and oxygen atoms in total. The van der Waals surface area contributed by atoms with Gasteiger partial charge in [0.05, 0.1) is 0 Å². The maximum atomic E-state index is 7.00. The number of benzene rings is 10. The van der Waals surface area contributed by atoms with E-state index in [0.29, 0.717) is 0 Å². The Labute approximate surface area is 439 Å². The summed E-state index contributed by atoms with van der Waals surface area (Å²) in [7, 11) is 0. The van der Waals surface area contributed by atoms with Crippen LogP contribution in [0, 0.1) is 83.1 Å². The Balaban J connectivity index is 1.02. The van der Waals surface area contributed by atoms with E-state index in [4.69, 9.17) is 8.83 Å². The Hall–Kier alpha value is -8.40. The van der Waals surface area contributed by atoms with Gasteiger partial charge < -0.3 is 13.8 Å². The van der Waals surface area contributed by atoms with Crippen LogP contribution in [0.15, 0.2) is 154 Å². The van der Waals surface area contributed by atoms with Crippen molar-refractivity contribution in [2.45, 2.75) is 83.1 Å². The fourth-order valence-electron chi connectivity index (χ4n) is 13.6. The molecule has 75 heavy (non-hydrogen) atoms. The summed E-state index contributed by atoms with van der Waals surface area (Å²) in [5, 5.41) is 6.80. The zero-order chi connectivity index (χ0) is 51.9. The van der Waals surface area contributed by atoms with Crippen molar-refractivity contribution >= 4 is 65.7 Å². The van der Waals surface area contributed by atoms with Crippen molar-refractivity contribution in [2.75, 3.05) is 0 Å². The van der Waals surface area contributed by atoms with Gasteiger partial charge in [-0.1, -0.05) is 95.1 Å². The van der Waals surface area contributed by atoms with Crippen LogP contribution in [0.1, 0.15) is 66.8 Å². The molecule has 0 amide bonds. The molecular formula is C72H61NO2. The quantitative estimate of drug-likeness (QED) is 0.180. The number of hydrogen-bond acceptors (Lipinski definition) is 2. The topological polar surface area (TPSA) is 42.1 Å². The molecule has 1 N–H and O–H groups in total. The fraction of sp³-hybridized carbons (Fsp3) is 0.167. The van der Waals surface area contributed by atoms with Gasteiger partial charge in [0.1, 0.15) is 22.3 Å². The van der Waals surface area contributed by atoms with Crippen molar-refractivity contribution in [1.29, 1.82) is 0 Å². The molecule has 0 bridgehead atoms. The molecule has 13 aromatic rings. The molecule has 0 aliphatic carbocycles. The first kappa shape index (κ1) is 46.4. The summed E-state index contributed by atoms with van der Waals surface area (Å²) in [6, 6.07) is 55.0. The van der Waals surface area contributed by atoms with Gasteiger partial charge in [-0.05, 0) is 256 Å². The minimum absolute atomic E-state index is 0.886. The highest BCUT2D eigenvalue weighted by molar-refractivity contribution is 6.17. The number of hydrogen-bond donors (Lipinski definition) is 1. The molecule has 0 saturated carbocycles. The first-order valence-electron chi connectivity index (χ1n) is 26.4. The third-order valence-corrected chi connectivity index (χ3v) is 16.2. The number of aromatic amines is 1. The lowest BCUT2D eigenvalue weighted by Crippen LogP contribution is -1.92.